The number of anilines is 2. The van der Waals surface area contributed by atoms with Gasteiger partial charge >= 0.3 is 0 Å². The number of rotatable bonds is 3. The van der Waals surface area contributed by atoms with Crippen LogP contribution in [0.4, 0.5) is 15.8 Å². The van der Waals surface area contributed by atoms with E-state index in [2.05, 4.69) is 4.72 Å². The number of nitrogens with one attached hydrogen (secondary N) is 1. The van der Waals surface area contributed by atoms with Crippen molar-refractivity contribution >= 4 is 33.0 Å². The average molecular weight is 315 g/mol. The zero-order valence-electron chi connectivity index (χ0n) is 10.5. The minimum absolute atomic E-state index is 0.0429. The van der Waals surface area contributed by atoms with Gasteiger partial charge in [0.05, 0.1) is 21.3 Å². The molecule has 3 N–H and O–H groups in total. The summed E-state index contributed by atoms with van der Waals surface area (Å²) in [6, 6.07) is 7.90. The van der Waals surface area contributed by atoms with Crippen LogP contribution in [-0.2, 0) is 10.0 Å². The number of halogens is 2. The van der Waals surface area contributed by atoms with Crippen LogP contribution in [0.2, 0.25) is 5.02 Å². The van der Waals surface area contributed by atoms with Gasteiger partial charge in [0, 0.05) is 0 Å². The van der Waals surface area contributed by atoms with Crippen molar-refractivity contribution < 1.29 is 12.8 Å². The molecule has 7 heteroatoms. The highest BCUT2D eigenvalue weighted by Crippen LogP contribution is 2.24. The minimum atomic E-state index is -3.84. The van der Waals surface area contributed by atoms with Crippen LogP contribution in [0, 0.1) is 12.7 Å². The largest absolute Gasteiger partial charge is 0.398 e. The van der Waals surface area contributed by atoms with E-state index < -0.39 is 15.8 Å². The van der Waals surface area contributed by atoms with Crippen LogP contribution < -0.4 is 10.5 Å². The van der Waals surface area contributed by atoms with Gasteiger partial charge < -0.3 is 5.73 Å². The van der Waals surface area contributed by atoms with Gasteiger partial charge in [-0.15, -0.1) is 0 Å². The molecular weight excluding hydrogens is 303 g/mol. The number of hydrogen-bond donors (Lipinski definition) is 2. The molecule has 0 aliphatic carbocycles. The summed E-state index contributed by atoms with van der Waals surface area (Å²) in [5, 5.41) is 0.142. The summed E-state index contributed by atoms with van der Waals surface area (Å²) < 4.78 is 39.9. The molecular formula is C13H12ClFN2O2S. The highest BCUT2D eigenvalue weighted by atomic mass is 35.5. The summed E-state index contributed by atoms with van der Waals surface area (Å²) in [6.45, 7) is 1.67. The number of nitrogens with two attached hydrogens (primary N) is 1. The predicted molar refractivity (Wildman–Crippen MR) is 77.8 cm³/mol. The van der Waals surface area contributed by atoms with Gasteiger partial charge in [-0.3, -0.25) is 4.72 Å². The normalized spacial score (nSPS) is 11.3. The van der Waals surface area contributed by atoms with E-state index in [1.807, 2.05) is 0 Å². The van der Waals surface area contributed by atoms with Crippen LogP contribution in [0.25, 0.3) is 0 Å². The molecule has 0 radical (unpaired) electrons. The van der Waals surface area contributed by atoms with Crippen LogP contribution in [0.3, 0.4) is 0 Å². The molecule has 0 atom stereocenters. The molecule has 0 aromatic heterocycles. The average Bonchev–Trinajstić information content (AvgIpc) is 2.30. The van der Waals surface area contributed by atoms with Gasteiger partial charge in [0.1, 0.15) is 5.82 Å². The van der Waals surface area contributed by atoms with Gasteiger partial charge in [-0.25, -0.2) is 12.8 Å². The Balaban J connectivity index is 2.37. The maximum Gasteiger partial charge on any atom is 0.261 e. The van der Waals surface area contributed by atoms with Crippen molar-refractivity contribution in [2.45, 2.75) is 11.8 Å². The second-order valence-corrected chi connectivity index (χ2v) is 6.40. The molecule has 0 unspecified atom stereocenters. The second-order valence-electron chi connectivity index (χ2n) is 4.31. The van der Waals surface area contributed by atoms with E-state index >= 15 is 0 Å². The summed E-state index contributed by atoms with van der Waals surface area (Å²) >= 11 is 5.80. The van der Waals surface area contributed by atoms with Crippen molar-refractivity contribution in [3.8, 4) is 0 Å². The smallest absolute Gasteiger partial charge is 0.261 e. The zero-order chi connectivity index (χ0) is 14.9. The third-order valence-corrected chi connectivity index (χ3v) is 4.28. The Bertz CT molecular complexity index is 743. The Hall–Kier alpha value is -1.79. The van der Waals surface area contributed by atoms with Gasteiger partial charge in [0.2, 0.25) is 0 Å². The molecule has 0 spiro atoms. The molecule has 0 fully saturated rings. The lowest BCUT2D eigenvalue weighted by Gasteiger charge is -2.10. The lowest BCUT2D eigenvalue weighted by Crippen LogP contribution is -2.13. The summed E-state index contributed by atoms with van der Waals surface area (Å²) in [7, 11) is -3.84. The Kier molecular flexibility index (Phi) is 3.87. The van der Waals surface area contributed by atoms with E-state index in [1.165, 1.54) is 30.3 Å². The maximum atomic E-state index is 13.3. The van der Waals surface area contributed by atoms with Crippen molar-refractivity contribution in [1.29, 1.82) is 0 Å². The SMILES string of the molecule is Cc1cc(F)cc(NS(=O)(=O)c2ccc(N)c(Cl)c2)c1. The van der Waals surface area contributed by atoms with E-state index in [1.54, 1.807) is 6.92 Å². The topological polar surface area (TPSA) is 72.2 Å². The maximum absolute atomic E-state index is 13.3. The standard InChI is InChI=1S/C13H12ClFN2O2S/c1-8-4-9(15)6-10(5-8)17-20(18,19)11-2-3-13(16)12(14)7-11/h2-7,17H,16H2,1H3. The third kappa shape index (κ3) is 3.20. The van der Waals surface area contributed by atoms with E-state index in [9.17, 15) is 12.8 Å². The molecule has 0 aliphatic rings. The van der Waals surface area contributed by atoms with Crippen LogP contribution in [0.1, 0.15) is 5.56 Å². The Morgan fingerprint density at radius 3 is 2.50 bits per heavy atom. The number of nitrogen functional groups attached to an aromatic ring is 1. The molecule has 4 nitrogen and oxygen atoms in total. The Morgan fingerprint density at radius 2 is 1.90 bits per heavy atom. The fourth-order valence-electron chi connectivity index (χ4n) is 1.68. The van der Waals surface area contributed by atoms with Gasteiger partial charge in [0.25, 0.3) is 10.0 Å². The number of aryl methyl sites for hydroxylation is 1. The first-order chi connectivity index (χ1) is 9.28. The Labute approximate surface area is 121 Å². The molecule has 0 saturated carbocycles. The molecule has 106 valence electrons. The monoisotopic (exact) mass is 314 g/mol. The van der Waals surface area contributed by atoms with Crippen molar-refractivity contribution in [3.05, 3.63) is 52.8 Å². The molecule has 0 amide bonds. The van der Waals surface area contributed by atoms with E-state index in [0.717, 1.165) is 6.07 Å². The highest BCUT2D eigenvalue weighted by molar-refractivity contribution is 7.92. The lowest BCUT2D eigenvalue weighted by atomic mass is 10.2. The fraction of sp³-hybridized carbons (Fsp3) is 0.0769. The van der Waals surface area contributed by atoms with Gasteiger partial charge in [-0.1, -0.05) is 11.6 Å². The first-order valence-electron chi connectivity index (χ1n) is 5.63. The molecule has 0 heterocycles. The quantitative estimate of drug-likeness (QED) is 0.855. The summed E-state index contributed by atoms with van der Waals surface area (Å²) in [6.07, 6.45) is 0. The van der Waals surface area contributed by atoms with Gasteiger partial charge in [0.15, 0.2) is 0 Å². The van der Waals surface area contributed by atoms with E-state index in [-0.39, 0.29) is 21.3 Å². The fourth-order valence-corrected chi connectivity index (χ4v) is 3.00. The van der Waals surface area contributed by atoms with Crippen LogP contribution >= 0.6 is 11.6 Å². The van der Waals surface area contributed by atoms with Gasteiger partial charge in [-0.05, 0) is 48.9 Å². The van der Waals surface area contributed by atoms with Crippen molar-refractivity contribution in [2.24, 2.45) is 0 Å². The third-order valence-electron chi connectivity index (χ3n) is 2.58. The highest BCUT2D eigenvalue weighted by Gasteiger charge is 2.16. The summed E-state index contributed by atoms with van der Waals surface area (Å²) in [5.74, 6) is -0.516. The van der Waals surface area contributed by atoms with Crippen molar-refractivity contribution in [3.63, 3.8) is 0 Å². The predicted octanol–water partition coefficient (Wildman–Crippen LogP) is 3.17. The molecule has 2 aromatic rings. The van der Waals surface area contributed by atoms with E-state index in [0.29, 0.717) is 5.56 Å². The number of hydrogen-bond acceptors (Lipinski definition) is 3. The van der Waals surface area contributed by atoms with E-state index in [4.69, 9.17) is 17.3 Å². The molecule has 0 saturated heterocycles. The van der Waals surface area contributed by atoms with Crippen LogP contribution in [0.15, 0.2) is 41.3 Å². The van der Waals surface area contributed by atoms with Crippen LogP contribution in [-0.4, -0.2) is 8.42 Å². The number of sulfonamides is 1. The molecule has 0 aliphatic heterocycles. The number of benzene rings is 2. The molecule has 20 heavy (non-hydrogen) atoms. The molecule has 0 bridgehead atoms. The molecule has 2 aromatic carbocycles. The van der Waals surface area contributed by atoms with Crippen molar-refractivity contribution in [2.75, 3.05) is 10.5 Å². The first kappa shape index (κ1) is 14.6. The second kappa shape index (κ2) is 5.30. The Morgan fingerprint density at radius 1 is 1.20 bits per heavy atom. The first-order valence-corrected chi connectivity index (χ1v) is 7.49. The van der Waals surface area contributed by atoms with Crippen molar-refractivity contribution in [1.82, 2.24) is 0 Å². The summed E-state index contributed by atoms with van der Waals surface area (Å²) in [4.78, 5) is -0.0429. The lowest BCUT2D eigenvalue weighted by molar-refractivity contribution is 0.601. The summed E-state index contributed by atoms with van der Waals surface area (Å²) in [5.41, 5.74) is 6.57. The zero-order valence-corrected chi connectivity index (χ0v) is 12.1. The van der Waals surface area contributed by atoms with Crippen LogP contribution in [0.5, 0.6) is 0 Å². The minimum Gasteiger partial charge on any atom is -0.398 e. The van der Waals surface area contributed by atoms with Gasteiger partial charge in [-0.2, -0.15) is 0 Å². The molecule has 2 rings (SSSR count).